The summed E-state index contributed by atoms with van der Waals surface area (Å²) in [6.45, 7) is 7.81. The molecular weight excluding hydrogens is 424 g/mol. The summed E-state index contributed by atoms with van der Waals surface area (Å²) >= 11 is 0. The van der Waals surface area contributed by atoms with Gasteiger partial charge >= 0.3 is 5.97 Å². The van der Waals surface area contributed by atoms with Crippen molar-refractivity contribution in [2.75, 3.05) is 13.2 Å². The highest BCUT2D eigenvalue weighted by Crippen LogP contribution is 2.25. The summed E-state index contributed by atoms with van der Waals surface area (Å²) in [6, 6.07) is 23.0. The van der Waals surface area contributed by atoms with Gasteiger partial charge in [0.2, 0.25) is 0 Å². The van der Waals surface area contributed by atoms with E-state index < -0.39 is 0 Å². The van der Waals surface area contributed by atoms with Crippen molar-refractivity contribution in [2.45, 2.75) is 59.0 Å². The second-order valence-electron chi connectivity index (χ2n) is 8.48. The van der Waals surface area contributed by atoms with Crippen LogP contribution in [-0.4, -0.2) is 19.2 Å². The Morgan fingerprint density at radius 3 is 1.91 bits per heavy atom. The minimum atomic E-state index is -0.370. The fraction of sp³-hybridized carbons (Fsp3) is 0.367. The number of rotatable bonds is 13. The SMILES string of the molecule is CCCCCCOC(C)c1ccc(C(=O)Oc2ccc(-c3ccc(OCCC)cc3)cc2)cc1. The third-order valence-corrected chi connectivity index (χ3v) is 5.71. The van der Waals surface area contributed by atoms with Crippen molar-refractivity contribution in [2.24, 2.45) is 0 Å². The largest absolute Gasteiger partial charge is 0.494 e. The molecule has 0 saturated heterocycles. The van der Waals surface area contributed by atoms with Gasteiger partial charge in [-0.15, -0.1) is 0 Å². The fourth-order valence-corrected chi connectivity index (χ4v) is 3.62. The van der Waals surface area contributed by atoms with E-state index in [0.29, 0.717) is 17.9 Å². The number of esters is 1. The fourth-order valence-electron chi connectivity index (χ4n) is 3.62. The molecule has 3 aromatic rings. The predicted molar refractivity (Wildman–Crippen MR) is 138 cm³/mol. The molecule has 34 heavy (non-hydrogen) atoms. The van der Waals surface area contributed by atoms with Crippen LogP contribution in [0.2, 0.25) is 0 Å². The number of carbonyl (C=O) groups is 1. The van der Waals surface area contributed by atoms with Crippen LogP contribution in [0.5, 0.6) is 11.5 Å². The number of ether oxygens (including phenoxy) is 3. The molecule has 4 nitrogen and oxygen atoms in total. The molecule has 0 aliphatic heterocycles. The van der Waals surface area contributed by atoms with Gasteiger partial charge in [-0.2, -0.15) is 0 Å². The molecule has 0 aliphatic rings. The summed E-state index contributed by atoms with van der Waals surface area (Å²) in [4.78, 5) is 12.6. The van der Waals surface area contributed by atoms with Gasteiger partial charge < -0.3 is 14.2 Å². The normalized spacial score (nSPS) is 11.7. The quantitative estimate of drug-likeness (QED) is 0.147. The number of benzene rings is 3. The monoisotopic (exact) mass is 460 g/mol. The highest BCUT2D eigenvalue weighted by Gasteiger charge is 2.11. The van der Waals surface area contributed by atoms with Crippen LogP contribution in [-0.2, 0) is 4.74 Å². The molecule has 1 atom stereocenters. The van der Waals surface area contributed by atoms with Crippen LogP contribution in [0.3, 0.4) is 0 Å². The number of carbonyl (C=O) groups excluding carboxylic acids is 1. The smallest absolute Gasteiger partial charge is 0.343 e. The molecule has 0 radical (unpaired) electrons. The first kappa shape index (κ1) is 25.5. The maximum absolute atomic E-state index is 12.6. The second-order valence-corrected chi connectivity index (χ2v) is 8.48. The van der Waals surface area contributed by atoms with Gasteiger partial charge in [-0.25, -0.2) is 4.79 Å². The maximum Gasteiger partial charge on any atom is 0.343 e. The third kappa shape index (κ3) is 7.74. The van der Waals surface area contributed by atoms with Gasteiger partial charge in [-0.3, -0.25) is 0 Å². The van der Waals surface area contributed by atoms with E-state index in [4.69, 9.17) is 14.2 Å². The van der Waals surface area contributed by atoms with Gasteiger partial charge in [0, 0.05) is 6.61 Å². The first-order valence-electron chi connectivity index (χ1n) is 12.4. The average molecular weight is 461 g/mol. The van der Waals surface area contributed by atoms with E-state index in [-0.39, 0.29) is 12.1 Å². The van der Waals surface area contributed by atoms with Gasteiger partial charge in [0.15, 0.2) is 0 Å². The van der Waals surface area contributed by atoms with E-state index in [1.165, 1.54) is 19.3 Å². The Labute approximate surface area is 203 Å². The summed E-state index contributed by atoms with van der Waals surface area (Å²) in [5.41, 5.74) is 3.71. The maximum atomic E-state index is 12.6. The van der Waals surface area contributed by atoms with E-state index in [2.05, 4.69) is 13.8 Å². The highest BCUT2D eigenvalue weighted by molar-refractivity contribution is 5.91. The van der Waals surface area contributed by atoms with Crippen LogP contribution >= 0.6 is 0 Å². The van der Waals surface area contributed by atoms with Crippen molar-refractivity contribution in [3.8, 4) is 22.6 Å². The Balaban J connectivity index is 1.52. The predicted octanol–water partition coefficient (Wildman–Crippen LogP) is 8.02. The Bertz CT molecular complexity index is 991. The first-order chi connectivity index (χ1) is 16.6. The lowest BCUT2D eigenvalue weighted by Gasteiger charge is -2.14. The van der Waals surface area contributed by atoms with E-state index >= 15 is 0 Å². The van der Waals surface area contributed by atoms with Crippen molar-refractivity contribution < 1.29 is 19.0 Å². The standard InChI is InChI=1S/C30H36O4/c1-4-6-7-8-22-32-23(3)24-9-11-27(12-10-24)30(31)34-29-19-15-26(16-20-29)25-13-17-28(18-14-25)33-21-5-2/h9-20,23H,4-8,21-22H2,1-3H3. The molecule has 4 heteroatoms. The first-order valence-corrected chi connectivity index (χ1v) is 12.4. The van der Waals surface area contributed by atoms with Crippen molar-refractivity contribution >= 4 is 5.97 Å². The molecule has 1 unspecified atom stereocenters. The molecule has 0 spiro atoms. The Hall–Kier alpha value is -3.11. The molecule has 0 bridgehead atoms. The molecule has 0 N–H and O–H groups in total. The molecule has 0 amide bonds. The molecule has 0 fully saturated rings. The van der Waals surface area contributed by atoms with E-state index in [1.54, 1.807) is 12.1 Å². The molecule has 0 aromatic heterocycles. The summed E-state index contributed by atoms with van der Waals surface area (Å²) in [5, 5.41) is 0. The van der Waals surface area contributed by atoms with E-state index in [1.807, 2.05) is 67.6 Å². The summed E-state index contributed by atoms with van der Waals surface area (Å²) in [6.07, 6.45) is 5.75. The van der Waals surface area contributed by atoms with Gasteiger partial charge in [0.25, 0.3) is 0 Å². The third-order valence-electron chi connectivity index (χ3n) is 5.71. The minimum absolute atomic E-state index is 0.00603. The average Bonchev–Trinajstić information content (AvgIpc) is 2.88. The molecule has 3 rings (SSSR count). The molecular formula is C30H36O4. The molecule has 0 saturated carbocycles. The van der Waals surface area contributed by atoms with Gasteiger partial charge in [0.1, 0.15) is 11.5 Å². The van der Waals surface area contributed by atoms with E-state index in [0.717, 1.165) is 41.9 Å². The van der Waals surface area contributed by atoms with Crippen LogP contribution in [0.1, 0.15) is 74.9 Å². The lowest BCUT2D eigenvalue weighted by Crippen LogP contribution is -2.09. The van der Waals surface area contributed by atoms with Gasteiger partial charge in [-0.05, 0) is 72.9 Å². The second kappa shape index (κ2) is 13.6. The van der Waals surface area contributed by atoms with Gasteiger partial charge in [0.05, 0.1) is 18.3 Å². The van der Waals surface area contributed by atoms with Crippen LogP contribution in [0.15, 0.2) is 72.8 Å². The Kier molecular flexibility index (Phi) is 10.2. The lowest BCUT2D eigenvalue weighted by molar-refractivity contribution is 0.0626. The van der Waals surface area contributed by atoms with Crippen LogP contribution < -0.4 is 9.47 Å². The number of hydrogen-bond acceptors (Lipinski definition) is 4. The molecule has 0 heterocycles. The topological polar surface area (TPSA) is 44.8 Å². The molecule has 3 aromatic carbocycles. The minimum Gasteiger partial charge on any atom is -0.494 e. The van der Waals surface area contributed by atoms with Crippen molar-refractivity contribution in [1.29, 1.82) is 0 Å². The molecule has 0 aliphatic carbocycles. The molecule has 180 valence electrons. The summed E-state index contributed by atoms with van der Waals surface area (Å²) < 4.78 is 17.1. The zero-order valence-corrected chi connectivity index (χ0v) is 20.6. The van der Waals surface area contributed by atoms with Crippen molar-refractivity contribution in [3.05, 3.63) is 83.9 Å². The van der Waals surface area contributed by atoms with Crippen molar-refractivity contribution in [1.82, 2.24) is 0 Å². The Morgan fingerprint density at radius 1 is 0.706 bits per heavy atom. The summed E-state index contributed by atoms with van der Waals surface area (Å²) in [5.74, 6) is 1.02. The van der Waals surface area contributed by atoms with Crippen molar-refractivity contribution in [3.63, 3.8) is 0 Å². The number of hydrogen-bond donors (Lipinski definition) is 0. The van der Waals surface area contributed by atoms with E-state index in [9.17, 15) is 4.79 Å². The van der Waals surface area contributed by atoms with Crippen LogP contribution in [0, 0.1) is 0 Å². The highest BCUT2D eigenvalue weighted by atomic mass is 16.5. The summed E-state index contributed by atoms with van der Waals surface area (Å²) in [7, 11) is 0. The number of unbranched alkanes of at least 4 members (excludes halogenated alkanes) is 3. The lowest BCUT2D eigenvalue weighted by atomic mass is 10.1. The Morgan fingerprint density at radius 2 is 1.32 bits per heavy atom. The zero-order valence-electron chi connectivity index (χ0n) is 20.6. The van der Waals surface area contributed by atoms with Gasteiger partial charge in [-0.1, -0.05) is 69.5 Å². The van der Waals surface area contributed by atoms with Crippen LogP contribution in [0.4, 0.5) is 0 Å². The van der Waals surface area contributed by atoms with Crippen LogP contribution in [0.25, 0.3) is 11.1 Å². The zero-order chi connectivity index (χ0) is 24.2.